The molecule has 0 saturated carbocycles. The van der Waals surface area contributed by atoms with E-state index in [1.54, 1.807) is 0 Å². The van der Waals surface area contributed by atoms with E-state index in [9.17, 15) is 0 Å². The van der Waals surface area contributed by atoms with Gasteiger partial charge >= 0.3 is 0 Å². The van der Waals surface area contributed by atoms with E-state index in [2.05, 4.69) is 43.9 Å². The van der Waals surface area contributed by atoms with Crippen LogP contribution in [0.5, 0.6) is 5.75 Å². The molecular weight excluding hydrogens is 236 g/mol. The second-order valence-corrected chi connectivity index (χ2v) is 5.17. The van der Waals surface area contributed by atoms with Crippen molar-refractivity contribution in [3.63, 3.8) is 0 Å². The number of hydrogen-bond donors (Lipinski definition) is 1. The van der Waals surface area contributed by atoms with E-state index >= 15 is 0 Å². The predicted molar refractivity (Wildman–Crippen MR) is 81.8 cm³/mol. The van der Waals surface area contributed by atoms with Crippen molar-refractivity contribution in [2.75, 3.05) is 26.2 Å². The molecule has 1 atom stereocenters. The van der Waals surface area contributed by atoms with E-state index in [1.165, 1.54) is 11.1 Å². The zero-order valence-corrected chi connectivity index (χ0v) is 12.8. The Morgan fingerprint density at radius 2 is 1.95 bits per heavy atom. The van der Waals surface area contributed by atoms with Crippen molar-refractivity contribution in [3.8, 4) is 5.75 Å². The van der Waals surface area contributed by atoms with Crippen molar-refractivity contribution in [3.05, 3.63) is 29.3 Å². The average Bonchev–Trinajstić information content (AvgIpc) is 2.36. The van der Waals surface area contributed by atoms with Crippen LogP contribution in [-0.4, -0.2) is 37.2 Å². The first-order chi connectivity index (χ1) is 9.06. The van der Waals surface area contributed by atoms with Gasteiger partial charge in [0.2, 0.25) is 0 Å². The maximum absolute atomic E-state index is 5.93. The Labute approximate surface area is 117 Å². The van der Waals surface area contributed by atoms with Gasteiger partial charge in [-0.2, -0.15) is 0 Å². The molecular formula is C16H28N2O. The second-order valence-electron chi connectivity index (χ2n) is 5.17. The number of hydrogen-bond acceptors (Lipinski definition) is 3. The van der Waals surface area contributed by atoms with Gasteiger partial charge in [-0.3, -0.25) is 0 Å². The van der Waals surface area contributed by atoms with Crippen LogP contribution in [-0.2, 0) is 6.42 Å². The molecule has 0 aliphatic carbocycles. The lowest BCUT2D eigenvalue weighted by molar-refractivity contribution is 0.221. The zero-order chi connectivity index (χ0) is 14.3. The van der Waals surface area contributed by atoms with E-state index in [0.29, 0.717) is 0 Å². The lowest BCUT2D eigenvalue weighted by atomic mass is 10.0. The molecule has 2 N–H and O–H groups in total. The Bertz CT molecular complexity index is 373. The van der Waals surface area contributed by atoms with Gasteiger partial charge in [0.15, 0.2) is 0 Å². The van der Waals surface area contributed by atoms with E-state index < -0.39 is 0 Å². The summed E-state index contributed by atoms with van der Waals surface area (Å²) in [4.78, 5) is 2.36. The average molecular weight is 264 g/mol. The first kappa shape index (κ1) is 16.0. The number of ether oxygens (including phenoxy) is 1. The van der Waals surface area contributed by atoms with Gasteiger partial charge in [-0.05, 0) is 45.0 Å². The van der Waals surface area contributed by atoms with Gasteiger partial charge in [0, 0.05) is 12.6 Å². The molecule has 0 amide bonds. The van der Waals surface area contributed by atoms with E-state index in [0.717, 1.165) is 38.4 Å². The van der Waals surface area contributed by atoms with Crippen LogP contribution in [0.1, 0.15) is 31.9 Å². The molecule has 19 heavy (non-hydrogen) atoms. The summed E-state index contributed by atoms with van der Waals surface area (Å²) in [6.45, 7) is 12.3. The van der Waals surface area contributed by atoms with Crippen LogP contribution in [0.4, 0.5) is 0 Å². The highest BCUT2D eigenvalue weighted by Gasteiger charge is 2.07. The minimum atomic E-state index is 0.159. The Kier molecular flexibility index (Phi) is 6.89. The fourth-order valence-electron chi connectivity index (χ4n) is 2.18. The zero-order valence-electron chi connectivity index (χ0n) is 12.8. The largest absolute Gasteiger partial charge is 0.492 e. The molecule has 0 heterocycles. The van der Waals surface area contributed by atoms with E-state index in [-0.39, 0.29) is 6.04 Å². The Morgan fingerprint density at radius 3 is 2.53 bits per heavy atom. The highest BCUT2D eigenvalue weighted by Crippen LogP contribution is 2.21. The summed E-state index contributed by atoms with van der Waals surface area (Å²) in [5.74, 6) is 0.982. The smallest absolute Gasteiger partial charge is 0.122 e. The van der Waals surface area contributed by atoms with Crippen LogP contribution in [0.25, 0.3) is 0 Å². The minimum Gasteiger partial charge on any atom is -0.492 e. The number of nitrogens with zero attached hydrogens (tertiary/aromatic N) is 1. The van der Waals surface area contributed by atoms with Crippen molar-refractivity contribution < 1.29 is 4.74 Å². The molecule has 1 aromatic rings. The number of nitrogens with two attached hydrogens (primary N) is 1. The van der Waals surface area contributed by atoms with Gasteiger partial charge in [-0.25, -0.2) is 0 Å². The molecule has 0 spiro atoms. The summed E-state index contributed by atoms with van der Waals surface area (Å²) < 4.78 is 5.93. The topological polar surface area (TPSA) is 38.5 Å². The SMILES string of the molecule is CCN(CC)CCOc1ccc(C)cc1CC(C)N. The van der Waals surface area contributed by atoms with Gasteiger partial charge in [0.05, 0.1) is 0 Å². The molecule has 0 aliphatic rings. The lowest BCUT2D eigenvalue weighted by Gasteiger charge is -2.19. The van der Waals surface area contributed by atoms with E-state index in [4.69, 9.17) is 10.5 Å². The van der Waals surface area contributed by atoms with Crippen molar-refractivity contribution in [2.45, 2.75) is 40.2 Å². The third-order valence-electron chi connectivity index (χ3n) is 3.32. The maximum atomic E-state index is 5.93. The third-order valence-corrected chi connectivity index (χ3v) is 3.32. The number of benzene rings is 1. The van der Waals surface area contributed by atoms with Crippen molar-refractivity contribution >= 4 is 0 Å². The van der Waals surface area contributed by atoms with Crippen LogP contribution in [0.15, 0.2) is 18.2 Å². The Morgan fingerprint density at radius 1 is 1.26 bits per heavy atom. The van der Waals surface area contributed by atoms with Gasteiger partial charge < -0.3 is 15.4 Å². The van der Waals surface area contributed by atoms with Crippen molar-refractivity contribution in [1.29, 1.82) is 0 Å². The van der Waals surface area contributed by atoms with Crippen LogP contribution < -0.4 is 10.5 Å². The van der Waals surface area contributed by atoms with Crippen molar-refractivity contribution in [1.82, 2.24) is 4.90 Å². The molecule has 3 heteroatoms. The fourth-order valence-corrected chi connectivity index (χ4v) is 2.18. The molecule has 108 valence electrons. The summed E-state index contributed by atoms with van der Waals surface area (Å²) in [6, 6.07) is 6.50. The summed E-state index contributed by atoms with van der Waals surface area (Å²) in [7, 11) is 0. The summed E-state index contributed by atoms with van der Waals surface area (Å²) in [6.07, 6.45) is 0.863. The molecule has 0 bridgehead atoms. The first-order valence-corrected chi connectivity index (χ1v) is 7.27. The van der Waals surface area contributed by atoms with Crippen LogP contribution >= 0.6 is 0 Å². The third kappa shape index (κ3) is 5.62. The maximum Gasteiger partial charge on any atom is 0.122 e. The number of aryl methyl sites for hydroxylation is 1. The Hall–Kier alpha value is -1.06. The molecule has 0 saturated heterocycles. The van der Waals surface area contributed by atoms with Crippen LogP contribution in [0, 0.1) is 6.92 Å². The van der Waals surface area contributed by atoms with Gasteiger partial charge in [-0.15, -0.1) is 0 Å². The van der Waals surface area contributed by atoms with Crippen LogP contribution in [0.2, 0.25) is 0 Å². The molecule has 1 rings (SSSR count). The standard InChI is InChI=1S/C16H28N2O/c1-5-18(6-2)9-10-19-16-8-7-13(3)11-15(16)12-14(4)17/h7-8,11,14H,5-6,9-10,12,17H2,1-4H3. The molecule has 0 aliphatic heterocycles. The van der Waals surface area contributed by atoms with E-state index in [1.807, 2.05) is 6.92 Å². The van der Waals surface area contributed by atoms with Gasteiger partial charge in [-0.1, -0.05) is 31.5 Å². The summed E-state index contributed by atoms with van der Waals surface area (Å²) in [5, 5.41) is 0. The van der Waals surface area contributed by atoms with Crippen LogP contribution in [0.3, 0.4) is 0 Å². The highest BCUT2D eigenvalue weighted by atomic mass is 16.5. The van der Waals surface area contributed by atoms with Crippen molar-refractivity contribution in [2.24, 2.45) is 5.73 Å². The van der Waals surface area contributed by atoms with Gasteiger partial charge in [0.25, 0.3) is 0 Å². The monoisotopic (exact) mass is 264 g/mol. The molecule has 1 aromatic carbocycles. The lowest BCUT2D eigenvalue weighted by Crippen LogP contribution is -2.28. The molecule has 0 radical (unpaired) electrons. The summed E-state index contributed by atoms with van der Waals surface area (Å²) >= 11 is 0. The first-order valence-electron chi connectivity index (χ1n) is 7.27. The number of rotatable bonds is 8. The molecule has 3 nitrogen and oxygen atoms in total. The summed E-state index contributed by atoms with van der Waals surface area (Å²) in [5.41, 5.74) is 8.37. The second kappa shape index (κ2) is 8.18. The fraction of sp³-hybridized carbons (Fsp3) is 0.625. The quantitative estimate of drug-likeness (QED) is 0.784. The molecule has 0 fully saturated rings. The minimum absolute atomic E-state index is 0.159. The molecule has 0 aromatic heterocycles. The highest BCUT2D eigenvalue weighted by molar-refractivity contribution is 5.37. The normalized spacial score (nSPS) is 12.7. The predicted octanol–water partition coefficient (Wildman–Crippen LogP) is 2.61. The van der Waals surface area contributed by atoms with Gasteiger partial charge in [0.1, 0.15) is 12.4 Å². The number of likely N-dealkylation sites (N-methyl/N-ethyl adjacent to an activating group) is 1. The molecule has 1 unspecified atom stereocenters. The Balaban J connectivity index is 2.61.